The molecular formula is C10H15ClN3O-. The predicted molar refractivity (Wildman–Crippen MR) is 52.7 cm³/mol. The van der Waals surface area contributed by atoms with Crippen LogP contribution in [0.25, 0.3) is 0 Å². The largest absolute Gasteiger partial charge is 1.00 e. The second-order valence-corrected chi connectivity index (χ2v) is 4.02. The van der Waals surface area contributed by atoms with Crippen LogP contribution in [0.15, 0.2) is 5.16 Å². The Kier molecular flexibility index (Phi) is 4.37. The Morgan fingerprint density at radius 2 is 2.13 bits per heavy atom. The van der Waals surface area contributed by atoms with E-state index in [4.69, 9.17) is 10.1 Å². The molecule has 1 atom stereocenters. The van der Waals surface area contributed by atoms with Crippen LogP contribution in [0.4, 0.5) is 0 Å². The van der Waals surface area contributed by atoms with Gasteiger partial charge in [-0.05, 0) is 31.8 Å². The quantitative estimate of drug-likeness (QED) is 0.400. The average molecular weight is 229 g/mol. The molecule has 3 rings (SSSR count). The first-order valence-electron chi connectivity index (χ1n) is 5.08. The molecule has 0 aliphatic carbocycles. The Balaban J connectivity index is 0.00000112. The van der Waals surface area contributed by atoms with Crippen LogP contribution in [0.5, 0.6) is 0 Å². The monoisotopic (exact) mass is 228 g/mol. The van der Waals surface area contributed by atoms with E-state index in [1.165, 1.54) is 33.0 Å². The molecule has 5 heteroatoms. The lowest BCUT2D eigenvalue weighted by Gasteiger charge is -2.43. The number of piperidine rings is 3. The van der Waals surface area contributed by atoms with Crippen molar-refractivity contribution in [3.8, 4) is 6.07 Å². The first-order valence-corrected chi connectivity index (χ1v) is 5.08. The molecule has 3 aliphatic rings. The first-order chi connectivity index (χ1) is 6.85. The molecule has 3 fully saturated rings. The predicted octanol–water partition coefficient (Wildman–Crippen LogP) is -2.14. The summed E-state index contributed by atoms with van der Waals surface area (Å²) in [5.74, 6) is 0.955. The van der Waals surface area contributed by atoms with Crippen molar-refractivity contribution in [2.24, 2.45) is 17.0 Å². The van der Waals surface area contributed by atoms with Crippen molar-refractivity contribution in [2.45, 2.75) is 12.8 Å². The Labute approximate surface area is 96.3 Å². The lowest BCUT2D eigenvalue weighted by Crippen LogP contribution is -3.00. The summed E-state index contributed by atoms with van der Waals surface area (Å²) in [5, 5.41) is 12.8. The Morgan fingerprint density at radius 1 is 1.47 bits per heavy atom. The van der Waals surface area contributed by atoms with E-state index >= 15 is 0 Å². The van der Waals surface area contributed by atoms with Gasteiger partial charge in [-0.2, -0.15) is 5.26 Å². The van der Waals surface area contributed by atoms with Gasteiger partial charge in [-0.15, -0.1) is 0 Å². The zero-order valence-corrected chi connectivity index (χ0v) is 9.57. The molecule has 0 amide bonds. The second kappa shape index (κ2) is 5.34. The number of nitrogens with zero attached hydrogens (tertiary/aromatic N) is 3. The van der Waals surface area contributed by atoms with Gasteiger partial charge in [0.05, 0.1) is 0 Å². The number of nitriles is 1. The summed E-state index contributed by atoms with van der Waals surface area (Å²) in [5.41, 5.74) is 0.571. The van der Waals surface area contributed by atoms with Crippen molar-refractivity contribution in [3.05, 3.63) is 0 Å². The third-order valence-corrected chi connectivity index (χ3v) is 3.31. The minimum Gasteiger partial charge on any atom is -1.00 e. The molecule has 4 nitrogen and oxygen atoms in total. The van der Waals surface area contributed by atoms with E-state index in [2.05, 4.69) is 16.1 Å². The number of oxime groups is 1. The van der Waals surface area contributed by atoms with Gasteiger partial charge < -0.3 is 22.1 Å². The molecule has 0 spiro atoms. The molecule has 0 unspecified atom stereocenters. The molecule has 0 aromatic rings. The van der Waals surface area contributed by atoms with Crippen molar-refractivity contribution in [3.63, 3.8) is 0 Å². The van der Waals surface area contributed by atoms with Crippen molar-refractivity contribution in [1.29, 1.82) is 5.26 Å². The fraction of sp³-hybridized carbons (Fsp3) is 0.800. The summed E-state index contributed by atoms with van der Waals surface area (Å²) in [6.45, 7) is 3.36. The summed E-state index contributed by atoms with van der Waals surface area (Å²) in [7, 11) is 1.50. The van der Waals surface area contributed by atoms with E-state index in [-0.39, 0.29) is 12.4 Å². The molecule has 0 aromatic carbocycles. The van der Waals surface area contributed by atoms with E-state index in [9.17, 15) is 0 Å². The summed E-state index contributed by atoms with van der Waals surface area (Å²) in [4.78, 5) is 7.11. The summed E-state index contributed by atoms with van der Waals surface area (Å²) in [6, 6.07) is 2.16. The van der Waals surface area contributed by atoms with Gasteiger partial charge in [-0.1, -0.05) is 5.16 Å². The molecule has 0 saturated carbocycles. The topological polar surface area (TPSA) is 48.6 Å². The van der Waals surface area contributed by atoms with Gasteiger partial charge in [-0.25, -0.2) is 0 Å². The smallest absolute Gasteiger partial charge is 0.161 e. The fourth-order valence-corrected chi connectivity index (χ4v) is 2.54. The number of hydrogen-bond donors (Lipinski definition) is 0. The van der Waals surface area contributed by atoms with E-state index in [0.29, 0.717) is 17.5 Å². The summed E-state index contributed by atoms with van der Waals surface area (Å²) >= 11 is 0. The molecule has 84 valence electrons. The molecule has 15 heavy (non-hydrogen) atoms. The highest BCUT2D eigenvalue weighted by molar-refractivity contribution is 6.00. The van der Waals surface area contributed by atoms with Gasteiger partial charge >= 0.3 is 0 Å². The standard InChI is InChI=1S/C10H15N3O.ClH/c1-14-12-10(6-11)9-7-13-4-2-8(9)3-5-13;/h8-9H,2-5,7H2,1H3;1H/p-1/b12-10+;/t9-;/m0./s1. The second-order valence-electron chi connectivity index (χ2n) is 4.02. The normalized spacial score (nSPS) is 34.1. The molecule has 2 bridgehead atoms. The van der Waals surface area contributed by atoms with Crippen molar-refractivity contribution >= 4 is 5.71 Å². The maximum atomic E-state index is 8.96. The van der Waals surface area contributed by atoms with Gasteiger partial charge in [0.2, 0.25) is 0 Å². The van der Waals surface area contributed by atoms with Crippen LogP contribution in [0.2, 0.25) is 0 Å². The van der Waals surface area contributed by atoms with Crippen LogP contribution < -0.4 is 12.4 Å². The molecule has 3 heterocycles. The van der Waals surface area contributed by atoms with Crippen LogP contribution in [0.1, 0.15) is 12.8 Å². The molecular weight excluding hydrogens is 214 g/mol. The third-order valence-electron chi connectivity index (χ3n) is 3.31. The van der Waals surface area contributed by atoms with E-state index in [0.717, 1.165) is 6.54 Å². The lowest BCUT2D eigenvalue weighted by atomic mass is 9.77. The van der Waals surface area contributed by atoms with Gasteiger partial charge in [0.15, 0.2) is 5.71 Å². The van der Waals surface area contributed by atoms with E-state index in [1.54, 1.807) is 0 Å². The Hall–Kier alpha value is -0.790. The van der Waals surface area contributed by atoms with Crippen LogP contribution in [-0.2, 0) is 4.84 Å². The van der Waals surface area contributed by atoms with E-state index in [1.807, 2.05) is 0 Å². The summed E-state index contributed by atoms with van der Waals surface area (Å²) in [6.07, 6.45) is 2.41. The number of hydrogen-bond acceptors (Lipinski definition) is 4. The minimum absolute atomic E-state index is 0. The van der Waals surface area contributed by atoms with Gasteiger partial charge in [0.25, 0.3) is 0 Å². The molecule has 0 N–H and O–H groups in total. The zero-order chi connectivity index (χ0) is 9.97. The van der Waals surface area contributed by atoms with Crippen molar-refractivity contribution in [1.82, 2.24) is 4.90 Å². The maximum absolute atomic E-state index is 8.96. The van der Waals surface area contributed by atoms with Gasteiger partial charge in [-0.3, -0.25) is 0 Å². The number of halogens is 1. The van der Waals surface area contributed by atoms with Crippen LogP contribution in [-0.4, -0.2) is 37.4 Å². The number of fused-ring (bicyclic) bond motifs is 3. The van der Waals surface area contributed by atoms with Gasteiger partial charge in [0, 0.05) is 12.5 Å². The third kappa shape index (κ3) is 2.42. The first kappa shape index (κ1) is 12.3. The lowest BCUT2D eigenvalue weighted by molar-refractivity contribution is -0.00000344. The summed E-state index contributed by atoms with van der Waals surface area (Å²) < 4.78 is 0. The minimum atomic E-state index is 0. The van der Waals surface area contributed by atoms with Gasteiger partial charge in [0.1, 0.15) is 13.2 Å². The Bertz CT molecular complexity index is 279. The highest BCUT2D eigenvalue weighted by Gasteiger charge is 2.37. The average Bonchev–Trinajstić information content (AvgIpc) is 2.27. The SMILES string of the molecule is CO/N=C(\C#N)[C@H]1CN2CCC1CC2.[Cl-]. The van der Waals surface area contributed by atoms with E-state index < -0.39 is 0 Å². The van der Waals surface area contributed by atoms with Crippen LogP contribution in [0, 0.1) is 23.2 Å². The highest BCUT2D eigenvalue weighted by Crippen LogP contribution is 2.33. The highest BCUT2D eigenvalue weighted by atomic mass is 35.5. The maximum Gasteiger partial charge on any atom is 0.161 e. The molecule has 3 saturated heterocycles. The number of rotatable bonds is 2. The zero-order valence-electron chi connectivity index (χ0n) is 8.82. The molecule has 3 aliphatic heterocycles. The fourth-order valence-electron chi connectivity index (χ4n) is 2.54. The van der Waals surface area contributed by atoms with Crippen LogP contribution in [0.3, 0.4) is 0 Å². The van der Waals surface area contributed by atoms with Crippen LogP contribution >= 0.6 is 0 Å². The van der Waals surface area contributed by atoms with Crippen molar-refractivity contribution < 1.29 is 17.2 Å². The molecule has 0 radical (unpaired) electrons. The Morgan fingerprint density at radius 3 is 2.53 bits per heavy atom. The molecule has 0 aromatic heterocycles. The van der Waals surface area contributed by atoms with Crippen molar-refractivity contribution in [2.75, 3.05) is 26.7 Å².